The molecule has 3 atom stereocenters. The molecule has 0 aromatic heterocycles. The van der Waals surface area contributed by atoms with Gasteiger partial charge in [0.15, 0.2) is 0 Å². The molecule has 1 heterocycles. The van der Waals surface area contributed by atoms with Gasteiger partial charge in [0.1, 0.15) is 0 Å². The first-order valence-corrected chi connectivity index (χ1v) is 8.53. The summed E-state index contributed by atoms with van der Waals surface area (Å²) in [6.07, 6.45) is 5.11. The summed E-state index contributed by atoms with van der Waals surface area (Å²) in [4.78, 5) is 2.48. The number of benzene rings is 1. The van der Waals surface area contributed by atoms with Gasteiger partial charge in [0, 0.05) is 18.1 Å². The molecule has 1 fully saturated rings. The Kier molecular flexibility index (Phi) is 4.11. The normalized spacial score (nSPS) is 32.7. The lowest BCUT2D eigenvalue weighted by Crippen LogP contribution is -2.47. The molecule has 3 rings (SSSR count). The molecule has 21 heavy (non-hydrogen) atoms. The van der Waals surface area contributed by atoms with Gasteiger partial charge in [-0.15, -0.1) is 0 Å². The van der Waals surface area contributed by atoms with Crippen LogP contribution < -0.4 is 5.32 Å². The smallest absolute Gasteiger partial charge is 0.0325 e. The van der Waals surface area contributed by atoms with Crippen molar-refractivity contribution in [1.82, 2.24) is 10.2 Å². The molecule has 1 aromatic rings. The maximum atomic E-state index is 3.98. The molecule has 2 nitrogen and oxygen atoms in total. The SMILES string of the molecule is CC1CC(NC2CCC(C)(C)c3ccccc32)CCN1C. The Hall–Kier alpha value is -0.860. The lowest BCUT2D eigenvalue weighted by atomic mass is 9.71. The van der Waals surface area contributed by atoms with E-state index in [2.05, 4.69) is 62.3 Å². The van der Waals surface area contributed by atoms with Gasteiger partial charge in [-0.05, 0) is 62.7 Å². The fourth-order valence-corrected chi connectivity index (χ4v) is 4.11. The zero-order chi connectivity index (χ0) is 15.0. The highest BCUT2D eigenvalue weighted by atomic mass is 15.1. The van der Waals surface area contributed by atoms with Gasteiger partial charge in [0.05, 0.1) is 0 Å². The Morgan fingerprint density at radius 3 is 2.71 bits per heavy atom. The maximum Gasteiger partial charge on any atom is 0.0325 e. The Labute approximate surface area is 129 Å². The van der Waals surface area contributed by atoms with Crippen LogP contribution in [-0.2, 0) is 5.41 Å². The van der Waals surface area contributed by atoms with E-state index in [0.29, 0.717) is 23.5 Å². The summed E-state index contributed by atoms with van der Waals surface area (Å²) in [5.41, 5.74) is 3.42. The topological polar surface area (TPSA) is 15.3 Å². The Bertz CT molecular complexity index is 494. The van der Waals surface area contributed by atoms with Crippen molar-refractivity contribution in [1.29, 1.82) is 0 Å². The lowest BCUT2D eigenvalue weighted by molar-refractivity contribution is 0.158. The zero-order valence-corrected chi connectivity index (χ0v) is 14.0. The molecule has 1 aliphatic carbocycles. The molecule has 0 amide bonds. The van der Waals surface area contributed by atoms with Gasteiger partial charge in [0.25, 0.3) is 0 Å². The number of rotatable bonds is 2. The van der Waals surface area contributed by atoms with Crippen LogP contribution in [0.25, 0.3) is 0 Å². The molecule has 116 valence electrons. The van der Waals surface area contributed by atoms with Crippen LogP contribution in [0.2, 0.25) is 0 Å². The van der Waals surface area contributed by atoms with E-state index in [1.807, 2.05) is 0 Å². The van der Waals surface area contributed by atoms with Gasteiger partial charge in [-0.25, -0.2) is 0 Å². The van der Waals surface area contributed by atoms with Crippen LogP contribution in [-0.4, -0.2) is 30.6 Å². The minimum atomic E-state index is 0.328. The summed E-state index contributed by atoms with van der Waals surface area (Å²) < 4.78 is 0. The summed E-state index contributed by atoms with van der Waals surface area (Å²) in [6.45, 7) is 8.35. The number of nitrogens with one attached hydrogen (secondary N) is 1. The van der Waals surface area contributed by atoms with Crippen LogP contribution in [0.4, 0.5) is 0 Å². The molecule has 1 aliphatic heterocycles. The molecule has 0 saturated carbocycles. The summed E-state index contributed by atoms with van der Waals surface area (Å²) in [5, 5.41) is 3.98. The molecule has 0 radical (unpaired) electrons. The van der Waals surface area contributed by atoms with Crippen molar-refractivity contribution in [2.24, 2.45) is 0 Å². The highest BCUT2D eigenvalue weighted by molar-refractivity contribution is 5.38. The van der Waals surface area contributed by atoms with E-state index >= 15 is 0 Å². The Balaban J connectivity index is 1.75. The van der Waals surface area contributed by atoms with E-state index in [-0.39, 0.29) is 0 Å². The second-order valence-electron chi connectivity index (χ2n) is 7.78. The van der Waals surface area contributed by atoms with Crippen molar-refractivity contribution in [3.05, 3.63) is 35.4 Å². The highest BCUT2D eigenvalue weighted by Crippen LogP contribution is 2.41. The number of hydrogen-bond donors (Lipinski definition) is 1. The van der Waals surface area contributed by atoms with Crippen molar-refractivity contribution in [3.63, 3.8) is 0 Å². The first-order chi connectivity index (χ1) is 9.97. The van der Waals surface area contributed by atoms with Crippen LogP contribution in [0, 0.1) is 0 Å². The minimum Gasteiger partial charge on any atom is -0.307 e. The van der Waals surface area contributed by atoms with E-state index < -0.39 is 0 Å². The van der Waals surface area contributed by atoms with E-state index in [1.165, 1.54) is 32.2 Å². The van der Waals surface area contributed by atoms with Crippen molar-refractivity contribution in [2.45, 2.75) is 70.0 Å². The third-order valence-electron chi connectivity index (χ3n) is 5.77. The maximum absolute atomic E-state index is 3.98. The summed E-state index contributed by atoms with van der Waals surface area (Å²) in [6, 6.07) is 11.0. The van der Waals surface area contributed by atoms with Crippen molar-refractivity contribution in [2.75, 3.05) is 13.6 Å². The van der Waals surface area contributed by atoms with Gasteiger partial charge >= 0.3 is 0 Å². The molecular weight excluding hydrogens is 256 g/mol. The molecule has 0 spiro atoms. The molecule has 3 unspecified atom stereocenters. The van der Waals surface area contributed by atoms with Crippen LogP contribution >= 0.6 is 0 Å². The first kappa shape index (κ1) is 15.1. The first-order valence-electron chi connectivity index (χ1n) is 8.53. The standard InChI is InChI=1S/C19H30N2/c1-14-13-15(10-12-21(14)4)20-18-9-11-19(2,3)17-8-6-5-7-16(17)18/h5-8,14-15,18,20H,9-13H2,1-4H3. The average molecular weight is 286 g/mol. The molecule has 0 bridgehead atoms. The second-order valence-corrected chi connectivity index (χ2v) is 7.78. The number of hydrogen-bond acceptors (Lipinski definition) is 2. The Morgan fingerprint density at radius 1 is 1.19 bits per heavy atom. The predicted molar refractivity (Wildman–Crippen MR) is 89.7 cm³/mol. The average Bonchev–Trinajstić information content (AvgIpc) is 2.46. The third kappa shape index (κ3) is 3.02. The lowest BCUT2D eigenvalue weighted by Gasteiger charge is -2.41. The molecule has 1 saturated heterocycles. The van der Waals surface area contributed by atoms with Crippen LogP contribution in [0.1, 0.15) is 63.6 Å². The Morgan fingerprint density at radius 2 is 1.95 bits per heavy atom. The van der Waals surface area contributed by atoms with Crippen molar-refractivity contribution < 1.29 is 0 Å². The highest BCUT2D eigenvalue weighted by Gasteiger charge is 2.34. The molecule has 2 aliphatic rings. The fraction of sp³-hybridized carbons (Fsp3) is 0.684. The fourth-order valence-electron chi connectivity index (χ4n) is 4.11. The summed E-state index contributed by atoms with van der Waals surface area (Å²) in [7, 11) is 2.25. The number of fused-ring (bicyclic) bond motifs is 1. The predicted octanol–water partition coefficient (Wildman–Crippen LogP) is 3.87. The number of nitrogens with zero attached hydrogens (tertiary/aromatic N) is 1. The van der Waals surface area contributed by atoms with E-state index in [9.17, 15) is 0 Å². The molecule has 1 N–H and O–H groups in total. The van der Waals surface area contributed by atoms with E-state index in [1.54, 1.807) is 11.1 Å². The summed E-state index contributed by atoms with van der Waals surface area (Å²) >= 11 is 0. The van der Waals surface area contributed by atoms with Crippen LogP contribution in [0.15, 0.2) is 24.3 Å². The van der Waals surface area contributed by atoms with Gasteiger partial charge in [-0.2, -0.15) is 0 Å². The molecular formula is C19H30N2. The number of likely N-dealkylation sites (tertiary alicyclic amines) is 1. The van der Waals surface area contributed by atoms with E-state index in [4.69, 9.17) is 0 Å². The number of piperidine rings is 1. The van der Waals surface area contributed by atoms with Crippen LogP contribution in [0.5, 0.6) is 0 Å². The van der Waals surface area contributed by atoms with Gasteiger partial charge < -0.3 is 10.2 Å². The third-order valence-corrected chi connectivity index (χ3v) is 5.77. The summed E-state index contributed by atoms with van der Waals surface area (Å²) in [5.74, 6) is 0. The molecule has 2 heteroatoms. The largest absolute Gasteiger partial charge is 0.307 e. The molecule has 1 aromatic carbocycles. The zero-order valence-electron chi connectivity index (χ0n) is 14.0. The quantitative estimate of drug-likeness (QED) is 0.888. The monoisotopic (exact) mass is 286 g/mol. The van der Waals surface area contributed by atoms with Crippen molar-refractivity contribution in [3.8, 4) is 0 Å². The second kappa shape index (κ2) is 5.73. The van der Waals surface area contributed by atoms with Crippen molar-refractivity contribution >= 4 is 0 Å². The van der Waals surface area contributed by atoms with Crippen LogP contribution in [0.3, 0.4) is 0 Å². The van der Waals surface area contributed by atoms with Gasteiger partial charge in [-0.3, -0.25) is 0 Å². The van der Waals surface area contributed by atoms with E-state index in [0.717, 1.165) is 0 Å². The van der Waals surface area contributed by atoms with Gasteiger partial charge in [-0.1, -0.05) is 38.1 Å². The minimum absolute atomic E-state index is 0.328. The van der Waals surface area contributed by atoms with Gasteiger partial charge in [0.2, 0.25) is 0 Å².